The quantitative estimate of drug-likeness (QED) is 0.126. The third-order valence-electron chi connectivity index (χ3n) is 22.6. The molecule has 0 nitrogen and oxygen atoms in total. The monoisotopic (exact) mass is 1550 g/mol. The Morgan fingerprint density at radius 2 is 0.408 bits per heavy atom. The summed E-state index contributed by atoms with van der Waals surface area (Å²) in [6.45, 7) is 0. The van der Waals surface area contributed by atoms with E-state index in [1.165, 1.54) is 0 Å². The molecule has 558 valence electrons. The summed E-state index contributed by atoms with van der Waals surface area (Å²) < 4.78 is 285. The van der Waals surface area contributed by atoms with Crippen molar-refractivity contribution in [3.8, 4) is 100 Å². The molecule has 0 atom stereocenters. The van der Waals surface area contributed by atoms with Gasteiger partial charge in [0.15, 0.2) is 0 Å². The molecule has 0 fully saturated rings. The summed E-state index contributed by atoms with van der Waals surface area (Å²) in [6.07, 6.45) is 0. The van der Waals surface area contributed by atoms with E-state index in [9.17, 15) is 13.7 Å². The van der Waals surface area contributed by atoms with E-state index in [1.54, 1.807) is 24.3 Å². The molecule has 0 aliphatic heterocycles. The molecule has 0 unspecified atom stereocenters. The molecule has 0 heterocycles. The van der Waals surface area contributed by atoms with Crippen LogP contribution in [0.15, 0.2) is 472 Å². The molecular weight excluding hydrogens is 1440 g/mol. The maximum atomic E-state index is 9.41. The Labute approximate surface area is 742 Å². The second kappa shape index (κ2) is 30.5. The van der Waals surface area contributed by atoms with Gasteiger partial charge in [-0.25, -0.2) is 0 Å². The molecule has 0 aliphatic rings. The summed E-state index contributed by atoms with van der Waals surface area (Å²) in [4.78, 5) is 0. The van der Waals surface area contributed by atoms with Crippen LogP contribution in [0.3, 0.4) is 0 Å². The van der Waals surface area contributed by atoms with E-state index in [-0.39, 0.29) is 112 Å². The topological polar surface area (TPSA) is 0 Å². The van der Waals surface area contributed by atoms with Crippen molar-refractivity contribution >= 4 is 129 Å². The van der Waals surface area contributed by atoms with Crippen molar-refractivity contribution in [3.05, 3.63) is 472 Å². The van der Waals surface area contributed by atoms with E-state index in [1.807, 2.05) is 224 Å². The molecule has 24 aromatic carbocycles. The minimum Gasteiger partial charge on any atom is -0.0622 e. The van der Waals surface area contributed by atoms with Gasteiger partial charge in [-0.05, 0) is 235 Å². The fourth-order valence-electron chi connectivity index (χ4n) is 17.5. The molecule has 0 aromatic heterocycles. The lowest BCUT2D eigenvalue weighted by Crippen LogP contribution is -1.93. The molecule has 120 heavy (non-hydrogen) atoms. The van der Waals surface area contributed by atoms with Crippen LogP contribution in [0.2, 0.25) is 0 Å². The lowest BCUT2D eigenvalue weighted by molar-refractivity contribution is 1.64. The van der Waals surface area contributed by atoms with Crippen LogP contribution in [0.25, 0.3) is 229 Å². The summed E-state index contributed by atoms with van der Waals surface area (Å²) in [5.41, 5.74) is 8.75. The fourth-order valence-corrected chi connectivity index (χ4v) is 17.5. The Morgan fingerprint density at radius 1 is 0.117 bits per heavy atom. The molecule has 0 N–H and O–H groups in total. The lowest BCUT2D eigenvalue weighted by atomic mass is 9.83. The molecule has 0 aliphatic carbocycles. The van der Waals surface area contributed by atoms with Crippen LogP contribution in [0.4, 0.5) is 0 Å². The van der Waals surface area contributed by atoms with Gasteiger partial charge in [-0.2, -0.15) is 0 Å². The molecule has 0 saturated carbocycles. The highest BCUT2D eigenvalue weighted by atomic mass is 14.3. The maximum Gasteiger partial charge on any atom is 0.0629 e. The smallest absolute Gasteiger partial charge is 0.0622 e. The Bertz CT molecular complexity index is 10000. The predicted octanol–water partition coefficient (Wildman–Crippen LogP) is 33.9. The van der Waals surface area contributed by atoms with Crippen LogP contribution < -0.4 is 0 Å². The van der Waals surface area contributed by atoms with Gasteiger partial charge in [-0.15, -0.1) is 0 Å². The SMILES string of the molecule is [2H]c1c([2H])c([2H])c(-c2c3ccccc3c(-c3ccc(-c4ccccc4)c4ccccc34)c3c([2H])c([2H])c([2H])c([2H])c23)c([2H])c1[2H].[2H]c1c([2H])c([2H])c2c(-c3c4c([2H])c([2H])c([2H])c([2H])c4c(-c4ccc(-c5ccccc5)c5ccccc45)c4c([2H])c([2H])c([2H])c([2H])c34)c([2H])c([2H])c([2H])c2c1[2H].[2H]c1c([2H])c([2H])c2c(-c3cccc4c(-c5ccc6ccccc6c5)cccc34)c3c([2H])c([2H])c([2H])c([2H])c3c(-c3cccc4ccccc34)c2c1[2H]. The predicted molar refractivity (Wildman–Crippen MR) is 518 cm³/mol. The lowest BCUT2D eigenvalue weighted by Gasteiger charge is -2.20. The van der Waals surface area contributed by atoms with Crippen LogP contribution in [-0.4, -0.2) is 0 Å². The minimum absolute atomic E-state index is 0.0597. The van der Waals surface area contributed by atoms with Gasteiger partial charge in [-0.1, -0.05) is 466 Å². The zero-order chi connectivity index (χ0) is 107. The van der Waals surface area contributed by atoms with Gasteiger partial charge in [0.2, 0.25) is 0 Å². The highest BCUT2D eigenvalue weighted by Gasteiger charge is 2.25. The van der Waals surface area contributed by atoms with Gasteiger partial charge < -0.3 is 0 Å². The molecule has 24 rings (SSSR count). The number of rotatable bonds is 9. The van der Waals surface area contributed by atoms with Crippen molar-refractivity contribution in [3.63, 3.8) is 0 Å². The number of hydrogen-bond acceptors (Lipinski definition) is 0. The van der Waals surface area contributed by atoms with Crippen LogP contribution in [0.5, 0.6) is 0 Å². The zero-order valence-electron chi connectivity index (χ0n) is 95.6. The van der Waals surface area contributed by atoms with Crippen molar-refractivity contribution in [2.75, 3.05) is 0 Å². The van der Waals surface area contributed by atoms with Crippen molar-refractivity contribution in [1.82, 2.24) is 0 Å². The Kier molecular flexibility index (Phi) is 11.5. The van der Waals surface area contributed by atoms with E-state index in [2.05, 4.69) is 30.3 Å². The van der Waals surface area contributed by atoms with Gasteiger partial charge >= 0.3 is 0 Å². The van der Waals surface area contributed by atoms with Crippen LogP contribution in [0.1, 0.15) is 43.9 Å². The molecule has 0 radical (unpaired) electrons. The fraction of sp³-hybridized carbons (Fsp3) is 0. The van der Waals surface area contributed by atoms with Crippen LogP contribution in [-0.2, 0) is 0 Å². The first kappa shape index (κ1) is 45.1. The van der Waals surface area contributed by atoms with Crippen molar-refractivity contribution in [1.29, 1.82) is 0 Å². The van der Waals surface area contributed by atoms with E-state index in [4.69, 9.17) is 30.2 Å². The summed E-state index contributed by atoms with van der Waals surface area (Å²) >= 11 is 0. The molecule has 0 heteroatoms. The minimum atomic E-state index is -0.748. The molecule has 0 saturated heterocycles. The van der Waals surface area contributed by atoms with E-state index in [0.717, 1.165) is 87.4 Å². The van der Waals surface area contributed by atoms with E-state index < -0.39 is 173 Å². The Morgan fingerprint density at radius 3 is 0.892 bits per heavy atom. The van der Waals surface area contributed by atoms with E-state index in [0.29, 0.717) is 49.5 Å². The van der Waals surface area contributed by atoms with Crippen molar-refractivity contribution < 1.29 is 43.9 Å². The highest BCUT2D eigenvalue weighted by molar-refractivity contribution is 6.29. The molecule has 0 amide bonds. The highest BCUT2D eigenvalue weighted by Crippen LogP contribution is 2.52. The first-order valence-electron chi connectivity index (χ1n) is 55.0. The average molecular weight is 1550 g/mol. The maximum absolute atomic E-state index is 9.41. The van der Waals surface area contributed by atoms with Crippen molar-refractivity contribution in [2.45, 2.75) is 0 Å². The molecule has 24 aromatic rings. The first-order chi connectivity index (χ1) is 72.9. The summed E-state index contributed by atoms with van der Waals surface area (Å²) in [7, 11) is 0. The van der Waals surface area contributed by atoms with Gasteiger partial charge in [0.25, 0.3) is 0 Å². The van der Waals surface area contributed by atoms with Gasteiger partial charge in [-0.3, -0.25) is 0 Å². The summed E-state index contributed by atoms with van der Waals surface area (Å²) in [5, 5.41) is 9.38. The number of fused-ring (bicyclic) bond motifs is 12. The summed E-state index contributed by atoms with van der Waals surface area (Å²) in [6, 6.07) is 72.4. The largest absolute Gasteiger partial charge is 0.0629 e. The Balaban J connectivity index is 0.000000129. The van der Waals surface area contributed by atoms with Crippen LogP contribution in [0, 0.1) is 0 Å². The summed E-state index contributed by atoms with van der Waals surface area (Å²) in [5.74, 6) is 0. The average Bonchev–Trinajstić information content (AvgIpc) is 0.684. The normalized spacial score (nSPS) is 15.2. The third-order valence-corrected chi connectivity index (χ3v) is 22.6. The number of hydrogen-bond donors (Lipinski definition) is 0. The molecule has 0 bridgehead atoms. The van der Waals surface area contributed by atoms with Crippen LogP contribution >= 0.6 is 0 Å². The van der Waals surface area contributed by atoms with Gasteiger partial charge in [0.05, 0.1) is 43.9 Å². The van der Waals surface area contributed by atoms with Crippen molar-refractivity contribution in [2.24, 2.45) is 0 Å². The zero-order valence-corrected chi connectivity index (χ0v) is 63.6. The standard InChI is InChI=1S/C44H28.C40H26.C36H24/c1-2-14-31-28-32(27-26-29(31)12-1)34-21-10-23-36-35(34)22-11-25-38(36)44-41-19-7-5-17-39(41)43(40-18-6-8-20-42(40)44)37-24-9-15-30-13-3-4-16-33(30)37;1-2-13-27(14-3-1)30-25-26-38(32-19-7-6-18-31(30)32)40-36-22-10-8-20-34(36)39(35-21-9-11-23-37(35)40)33-24-12-16-28-15-4-5-17-29(28)33;1-3-13-25(14-4-1)27-23-24-34(29-18-8-7-17-28(27)29)36-32-21-11-9-19-30(32)35(26-15-5-2-6-16-26)31-20-10-12-22-33(31)36/h1-28H;1-26H;1-24H/i5D,6D,7D,8D,17D,18D,19D,20D;4D,5D,8D,9D,10D,11D,12D,15D,16D,17D,20D,21D,22D,23D,24D;2D,5D,6D,9D,11D,15D,16D,19D,21D. The second-order valence-corrected chi connectivity index (χ2v) is 29.0. The van der Waals surface area contributed by atoms with Gasteiger partial charge in [0.1, 0.15) is 0 Å². The molecule has 0 spiro atoms. The van der Waals surface area contributed by atoms with E-state index >= 15 is 0 Å². The second-order valence-electron chi connectivity index (χ2n) is 29.0. The Hall–Kier alpha value is -15.6. The third kappa shape index (κ3) is 12.3. The molecular formula is C120H78. The van der Waals surface area contributed by atoms with Gasteiger partial charge in [0, 0.05) is 0 Å². The number of benzene rings is 24. The first-order valence-corrected chi connectivity index (χ1v) is 39.0.